The van der Waals surface area contributed by atoms with Crippen LogP contribution in [0.2, 0.25) is 0 Å². The van der Waals surface area contributed by atoms with Gasteiger partial charge in [0.05, 0.1) is 12.7 Å². The monoisotopic (exact) mass is 403 g/mol. The number of carbonyl (C=O) groups excluding carboxylic acids is 1. The lowest BCUT2D eigenvalue weighted by Gasteiger charge is -2.12. The molecule has 7 nitrogen and oxygen atoms in total. The maximum absolute atomic E-state index is 12.0. The van der Waals surface area contributed by atoms with Crippen LogP contribution in [0.4, 0.5) is 0 Å². The van der Waals surface area contributed by atoms with Gasteiger partial charge in [0.15, 0.2) is 0 Å². The molecule has 128 valence electrons. The van der Waals surface area contributed by atoms with Gasteiger partial charge in [-0.25, -0.2) is 4.79 Å². The Balaban J connectivity index is 1.96. The first-order chi connectivity index (χ1) is 12.0. The molecule has 1 atom stereocenters. The summed E-state index contributed by atoms with van der Waals surface area (Å²) in [6.07, 6.45) is 1.50. The molecular weight excluding hydrogens is 390 g/mol. The molecule has 3 rings (SSSR count). The molecule has 0 saturated heterocycles. The Kier molecular flexibility index (Phi) is 4.80. The van der Waals surface area contributed by atoms with Gasteiger partial charge in [0.1, 0.15) is 6.04 Å². The van der Waals surface area contributed by atoms with E-state index in [1.54, 1.807) is 13.0 Å². The lowest BCUT2D eigenvalue weighted by atomic mass is 10.2. The van der Waals surface area contributed by atoms with Crippen LogP contribution in [0.5, 0.6) is 0 Å². The van der Waals surface area contributed by atoms with E-state index in [2.05, 4.69) is 30.8 Å². The van der Waals surface area contributed by atoms with Crippen LogP contribution in [0.3, 0.4) is 0 Å². The standard InChI is InChI=1S/C17H14BrN3O4/c1-10(17(23)24-2)21-9-12(5-8-14(21)22)16-19-15(20-25-16)11-3-6-13(18)7-4-11/h3-10H,1-2H3/t10-/m1/s1. The summed E-state index contributed by atoms with van der Waals surface area (Å²) in [4.78, 5) is 28.0. The fourth-order valence-corrected chi connectivity index (χ4v) is 2.54. The number of hydrogen-bond donors (Lipinski definition) is 0. The van der Waals surface area contributed by atoms with Gasteiger partial charge in [0.2, 0.25) is 5.82 Å². The van der Waals surface area contributed by atoms with E-state index in [4.69, 9.17) is 4.52 Å². The minimum Gasteiger partial charge on any atom is -0.467 e. The lowest BCUT2D eigenvalue weighted by Crippen LogP contribution is -2.27. The largest absolute Gasteiger partial charge is 0.467 e. The minimum atomic E-state index is -0.758. The number of ether oxygens (including phenoxy) is 1. The van der Waals surface area contributed by atoms with Crippen LogP contribution in [0.15, 0.2) is 56.4 Å². The molecule has 0 aliphatic rings. The second-order valence-corrected chi connectivity index (χ2v) is 6.21. The van der Waals surface area contributed by atoms with Crippen molar-refractivity contribution in [3.63, 3.8) is 0 Å². The molecule has 2 aromatic heterocycles. The Bertz CT molecular complexity index is 963. The fraction of sp³-hybridized carbons (Fsp3) is 0.176. The number of pyridine rings is 1. The molecule has 0 N–H and O–H groups in total. The van der Waals surface area contributed by atoms with Crippen molar-refractivity contribution in [1.29, 1.82) is 0 Å². The van der Waals surface area contributed by atoms with Gasteiger partial charge in [-0.05, 0) is 37.3 Å². The van der Waals surface area contributed by atoms with Crippen LogP contribution in [0.25, 0.3) is 22.8 Å². The Labute approximate surface area is 151 Å². The maximum atomic E-state index is 12.0. The second kappa shape index (κ2) is 7.02. The number of methoxy groups -OCH3 is 1. The molecule has 0 spiro atoms. The average Bonchev–Trinajstić information content (AvgIpc) is 3.11. The number of halogens is 1. The second-order valence-electron chi connectivity index (χ2n) is 5.29. The van der Waals surface area contributed by atoms with Gasteiger partial charge in [-0.15, -0.1) is 0 Å². The summed E-state index contributed by atoms with van der Waals surface area (Å²) in [7, 11) is 1.27. The summed E-state index contributed by atoms with van der Waals surface area (Å²) in [6.45, 7) is 1.58. The molecule has 25 heavy (non-hydrogen) atoms. The summed E-state index contributed by atoms with van der Waals surface area (Å²) < 4.78 is 12.2. The first-order valence-electron chi connectivity index (χ1n) is 7.39. The van der Waals surface area contributed by atoms with E-state index in [1.165, 1.54) is 23.9 Å². The van der Waals surface area contributed by atoms with Gasteiger partial charge >= 0.3 is 5.97 Å². The number of rotatable bonds is 4. The van der Waals surface area contributed by atoms with E-state index in [1.807, 2.05) is 24.3 Å². The van der Waals surface area contributed by atoms with Crippen LogP contribution in [-0.2, 0) is 9.53 Å². The lowest BCUT2D eigenvalue weighted by molar-refractivity contribution is -0.144. The van der Waals surface area contributed by atoms with Gasteiger partial charge in [-0.2, -0.15) is 4.98 Å². The Hall–Kier alpha value is -2.74. The van der Waals surface area contributed by atoms with Gasteiger partial charge in [0, 0.05) is 22.3 Å². The summed E-state index contributed by atoms with van der Waals surface area (Å²) >= 11 is 3.37. The van der Waals surface area contributed by atoms with Crippen LogP contribution in [0.1, 0.15) is 13.0 Å². The Morgan fingerprint density at radius 2 is 1.88 bits per heavy atom. The molecular formula is C17H14BrN3O4. The topological polar surface area (TPSA) is 87.2 Å². The third-order valence-electron chi connectivity index (χ3n) is 3.67. The highest BCUT2D eigenvalue weighted by Gasteiger charge is 2.18. The van der Waals surface area contributed by atoms with Gasteiger partial charge in [-0.3, -0.25) is 4.79 Å². The summed E-state index contributed by atoms with van der Waals surface area (Å²) in [6, 6.07) is 9.64. The number of benzene rings is 1. The quantitative estimate of drug-likeness (QED) is 0.622. The molecule has 3 aromatic rings. The van der Waals surface area contributed by atoms with Crippen molar-refractivity contribution in [1.82, 2.24) is 14.7 Å². The molecule has 0 bridgehead atoms. The van der Waals surface area contributed by atoms with Crippen molar-refractivity contribution >= 4 is 21.9 Å². The van der Waals surface area contributed by atoms with Crippen molar-refractivity contribution in [2.45, 2.75) is 13.0 Å². The van der Waals surface area contributed by atoms with Crippen molar-refractivity contribution in [3.05, 3.63) is 57.4 Å². The van der Waals surface area contributed by atoms with Crippen LogP contribution < -0.4 is 5.56 Å². The number of hydrogen-bond acceptors (Lipinski definition) is 6. The Morgan fingerprint density at radius 3 is 2.56 bits per heavy atom. The summed E-state index contributed by atoms with van der Waals surface area (Å²) in [5.41, 5.74) is 1.01. The number of aromatic nitrogens is 3. The van der Waals surface area contributed by atoms with Crippen molar-refractivity contribution in [2.75, 3.05) is 7.11 Å². The molecule has 8 heteroatoms. The highest BCUT2D eigenvalue weighted by molar-refractivity contribution is 9.10. The zero-order chi connectivity index (χ0) is 18.0. The third-order valence-corrected chi connectivity index (χ3v) is 4.20. The Morgan fingerprint density at radius 1 is 1.20 bits per heavy atom. The van der Waals surface area contributed by atoms with E-state index in [0.717, 1.165) is 10.0 Å². The van der Waals surface area contributed by atoms with Crippen LogP contribution >= 0.6 is 15.9 Å². The van der Waals surface area contributed by atoms with E-state index in [9.17, 15) is 9.59 Å². The number of carbonyl (C=O) groups is 1. The minimum absolute atomic E-state index is 0.253. The third kappa shape index (κ3) is 3.53. The van der Waals surface area contributed by atoms with E-state index >= 15 is 0 Å². The highest BCUT2D eigenvalue weighted by Crippen LogP contribution is 2.23. The normalized spacial score (nSPS) is 12.0. The van der Waals surface area contributed by atoms with Crippen LogP contribution in [-0.4, -0.2) is 27.8 Å². The zero-order valence-electron chi connectivity index (χ0n) is 13.5. The number of nitrogens with zero attached hydrogens (tertiary/aromatic N) is 3. The number of esters is 1. The first-order valence-corrected chi connectivity index (χ1v) is 8.19. The highest BCUT2D eigenvalue weighted by atomic mass is 79.9. The fourth-order valence-electron chi connectivity index (χ4n) is 2.27. The smallest absolute Gasteiger partial charge is 0.328 e. The SMILES string of the molecule is COC(=O)[C@@H](C)n1cc(-c2nc(-c3ccc(Br)cc3)no2)ccc1=O. The van der Waals surface area contributed by atoms with Gasteiger partial charge in [0.25, 0.3) is 11.4 Å². The first kappa shape index (κ1) is 17.1. The summed E-state index contributed by atoms with van der Waals surface area (Å²) in [5, 5.41) is 3.96. The van der Waals surface area contributed by atoms with Crippen molar-refractivity contribution in [2.24, 2.45) is 0 Å². The average molecular weight is 404 g/mol. The molecule has 0 aliphatic carbocycles. The van der Waals surface area contributed by atoms with Crippen LogP contribution in [0, 0.1) is 0 Å². The maximum Gasteiger partial charge on any atom is 0.328 e. The molecule has 0 amide bonds. The van der Waals surface area contributed by atoms with E-state index in [0.29, 0.717) is 11.4 Å². The van der Waals surface area contributed by atoms with Crippen molar-refractivity contribution < 1.29 is 14.1 Å². The molecule has 2 heterocycles. The van der Waals surface area contributed by atoms with Crippen molar-refractivity contribution in [3.8, 4) is 22.8 Å². The molecule has 0 radical (unpaired) electrons. The van der Waals surface area contributed by atoms with Gasteiger partial charge < -0.3 is 13.8 Å². The van der Waals surface area contributed by atoms with E-state index in [-0.39, 0.29) is 11.4 Å². The molecule has 1 aromatic carbocycles. The van der Waals surface area contributed by atoms with Gasteiger partial charge in [-0.1, -0.05) is 21.1 Å². The summed E-state index contributed by atoms with van der Waals surface area (Å²) in [5.74, 6) is 0.172. The predicted molar refractivity (Wildman–Crippen MR) is 93.9 cm³/mol. The predicted octanol–water partition coefficient (Wildman–Crippen LogP) is 3.06. The molecule has 0 aliphatic heterocycles. The molecule has 0 fully saturated rings. The zero-order valence-corrected chi connectivity index (χ0v) is 15.1. The van der Waals surface area contributed by atoms with E-state index < -0.39 is 12.0 Å². The molecule has 0 saturated carbocycles. The molecule has 0 unspecified atom stereocenters.